The molecule has 108 valence electrons. The van der Waals surface area contributed by atoms with Crippen molar-refractivity contribution in [3.05, 3.63) is 11.9 Å². The van der Waals surface area contributed by atoms with Crippen molar-refractivity contribution in [2.75, 3.05) is 25.1 Å². The van der Waals surface area contributed by atoms with Crippen molar-refractivity contribution < 1.29 is 13.2 Å². The lowest BCUT2D eigenvalue weighted by Gasteiger charge is -2.07. The second-order valence-corrected chi connectivity index (χ2v) is 5.87. The number of nitrogens with two attached hydrogens (primary N) is 1. The maximum Gasteiger partial charge on any atom is 0.271 e. The molecule has 1 rings (SSSR count). The smallest absolute Gasteiger partial charge is 0.271 e. The van der Waals surface area contributed by atoms with Crippen molar-refractivity contribution >= 4 is 21.6 Å². The zero-order chi connectivity index (χ0) is 14.5. The van der Waals surface area contributed by atoms with Crippen LogP contribution >= 0.6 is 0 Å². The van der Waals surface area contributed by atoms with E-state index in [1.54, 1.807) is 0 Å². The quantitative estimate of drug-likeness (QED) is 0.565. The van der Waals surface area contributed by atoms with Crippen molar-refractivity contribution in [3.8, 4) is 0 Å². The van der Waals surface area contributed by atoms with Gasteiger partial charge in [-0.2, -0.15) is 5.10 Å². The Bertz CT molecular complexity index is 537. The molecule has 19 heavy (non-hydrogen) atoms. The van der Waals surface area contributed by atoms with Crippen LogP contribution in [0.2, 0.25) is 0 Å². The van der Waals surface area contributed by atoms with E-state index >= 15 is 0 Å². The topological polar surface area (TPSA) is 119 Å². The van der Waals surface area contributed by atoms with E-state index < -0.39 is 10.0 Å². The molecule has 0 aliphatic heterocycles. The molecule has 8 nitrogen and oxygen atoms in total. The summed E-state index contributed by atoms with van der Waals surface area (Å²) in [5, 5.41) is 6.64. The molecule has 9 heteroatoms. The molecular weight excluding hydrogens is 270 g/mol. The third-order valence-electron chi connectivity index (χ3n) is 2.39. The fraction of sp³-hybridized carbons (Fsp3) is 0.600. The van der Waals surface area contributed by atoms with Crippen molar-refractivity contribution in [2.45, 2.75) is 19.9 Å². The Labute approximate surface area is 112 Å². The number of rotatable bonds is 7. The lowest BCUT2D eigenvalue weighted by Crippen LogP contribution is -2.31. The van der Waals surface area contributed by atoms with E-state index in [4.69, 9.17) is 5.73 Å². The Hall–Kier alpha value is -1.61. The van der Waals surface area contributed by atoms with Crippen LogP contribution in [0.4, 0.5) is 5.69 Å². The molecule has 0 bridgehead atoms. The highest BCUT2D eigenvalue weighted by Gasteiger charge is 2.15. The minimum absolute atomic E-state index is 0.279. The standard InChI is InChI=1S/C10H19N5O3S/c1-3-15-9(8(11)7-13-15)10(16)12-5-4-6-14-19(2,17)18/h7,14H,3-6,11H2,1-2H3,(H,12,16). The number of carbonyl (C=O) groups is 1. The summed E-state index contributed by atoms with van der Waals surface area (Å²) in [4.78, 5) is 11.9. The molecule has 4 N–H and O–H groups in total. The first-order valence-electron chi connectivity index (χ1n) is 5.89. The van der Waals surface area contributed by atoms with E-state index in [-0.39, 0.29) is 12.5 Å². The van der Waals surface area contributed by atoms with Crippen LogP contribution in [0.5, 0.6) is 0 Å². The molecule has 0 radical (unpaired) electrons. The van der Waals surface area contributed by atoms with E-state index in [0.717, 1.165) is 6.26 Å². The highest BCUT2D eigenvalue weighted by atomic mass is 32.2. The Morgan fingerprint density at radius 3 is 2.74 bits per heavy atom. The van der Waals surface area contributed by atoms with E-state index in [2.05, 4.69) is 15.1 Å². The molecule has 1 amide bonds. The number of hydrogen-bond acceptors (Lipinski definition) is 5. The van der Waals surface area contributed by atoms with Gasteiger partial charge in [0.25, 0.3) is 5.91 Å². The molecule has 1 aromatic heterocycles. The summed E-state index contributed by atoms with van der Waals surface area (Å²) < 4.78 is 25.5. The predicted octanol–water partition coefficient (Wildman–Crippen LogP) is -0.846. The molecule has 1 aromatic rings. The molecular formula is C10H19N5O3S. The number of carbonyl (C=O) groups excluding carboxylic acids is 1. The predicted molar refractivity (Wildman–Crippen MR) is 72.1 cm³/mol. The number of aromatic nitrogens is 2. The molecule has 0 fully saturated rings. The van der Waals surface area contributed by atoms with Crippen LogP contribution in [-0.4, -0.2) is 43.5 Å². The zero-order valence-electron chi connectivity index (χ0n) is 11.0. The molecule has 0 saturated heterocycles. The van der Waals surface area contributed by atoms with Crippen molar-refractivity contribution in [3.63, 3.8) is 0 Å². The van der Waals surface area contributed by atoms with Gasteiger partial charge in [0.15, 0.2) is 0 Å². The van der Waals surface area contributed by atoms with Gasteiger partial charge in [-0.1, -0.05) is 0 Å². The number of hydrogen-bond donors (Lipinski definition) is 3. The molecule has 0 spiro atoms. The highest BCUT2D eigenvalue weighted by Crippen LogP contribution is 2.10. The van der Waals surface area contributed by atoms with Crippen molar-refractivity contribution in [1.29, 1.82) is 0 Å². The fourth-order valence-electron chi connectivity index (χ4n) is 1.52. The van der Waals surface area contributed by atoms with Gasteiger partial charge in [0.2, 0.25) is 10.0 Å². The molecule has 0 saturated carbocycles. The molecule has 0 unspecified atom stereocenters. The summed E-state index contributed by atoms with van der Waals surface area (Å²) in [6.07, 6.45) is 3.02. The van der Waals surface area contributed by atoms with E-state index in [1.807, 2.05) is 6.92 Å². The van der Waals surface area contributed by atoms with Gasteiger partial charge >= 0.3 is 0 Å². The minimum Gasteiger partial charge on any atom is -0.396 e. The van der Waals surface area contributed by atoms with Gasteiger partial charge in [0.1, 0.15) is 5.69 Å². The summed E-state index contributed by atoms with van der Waals surface area (Å²) in [6.45, 7) is 3.05. The fourth-order valence-corrected chi connectivity index (χ4v) is 2.03. The van der Waals surface area contributed by atoms with E-state index in [0.29, 0.717) is 30.9 Å². The Morgan fingerprint density at radius 2 is 2.16 bits per heavy atom. The van der Waals surface area contributed by atoms with Crippen molar-refractivity contribution in [1.82, 2.24) is 19.8 Å². The molecule has 0 aliphatic carbocycles. The number of anilines is 1. The SMILES string of the molecule is CCn1ncc(N)c1C(=O)NCCCNS(C)(=O)=O. The first kappa shape index (κ1) is 15.4. The monoisotopic (exact) mass is 289 g/mol. The maximum absolute atomic E-state index is 11.9. The summed E-state index contributed by atoms with van der Waals surface area (Å²) in [6, 6.07) is 0. The number of nitrogens with zero attached hydrogens (tertiary/aromatic N) is 2. The highest BCUT2D eigenvalue weighted by molar-refractivity contribution is 7.88. The Balaban J connectivity index is 2.41. The molecule has 0 aromatic carbocycles. The number of aryl methyl sites for hydroxylation is 1. The van der Waals surface area contributed by atoms with Crippen LogP contribution in [-0.2, 0) is 16.6 Å². The minimum atomic E-state index is -3.18. The van der Waals surface area contributed by atoms with Crippen LogP contribution in [0.25, 0.3) is 0 Å². The van der Waals surface area contributed by atoms with Crippen LogP contribution in [0.3, 0.4) is 0 Å². The second-order valence-electron chi connectivity index (χ2n) is 4.04. The van der Waals surface area contributed by atoms with Gasteiger partial charge in [-0.25, -0.2) is 13.1 Å². The van der Waals surface area contributed by atoms with Crippen molar-refractivity contribution in [2.24, 2.45) is 0 Å². The Kier molecular flexibility index (Phi) is 5.31. The van der Waals surface area contributed by atoms with Crippen LogP contribution in [0.1, 0.15) is 23.8 Å². The zero-order valence-corrected chi connectivity index (χ0v) is 11.8. The molecule has 0 aliphatic rings. The van der Waals surface area contributed by atoms with E-state index in [9.17, 15) is 13.2 Å². The summed E-state index contributed by atoms with van der Waals surface area (Å²) in [5.41, 5.74) is 6.33. The van der Waals surface area contributed by atoms with Gasteiger partial charge < -0.3 is 11.1 Å². The lowest BCUT2D eigenvalue weighted by molar-refractivity contribution is 0.0943. The number of nitrogen functional groups attached to an aromatic ring is 1. The summed E-state index contributed by atoms with van der Waals surface area (Å²) in [7, 11) is -3.18. The number of nitrogens with one attached hydrogen (secondary N) is 2. The van der Waals surface area contributed by atoms with Gasteiger partial charge in [-0.05, 0) is 13.3 Å². The first-order valence-corrected chi connectivity index (χ1v) is 7.78. The molecule has 1 heterocycles. The number of sulfonamides is 1. The average molecular weight is 289 g/mol. The Morgan fingerprint density at radius 1 is 1.47 bits per heavy atom. The summed E-state index contributed by atoms with van der Waals surface area (Å²) >= 11 is 0. The molecule has 0 atom stereocenters. The normalized spacial score (nSPS) is 11.5. The summed E-state index contributed by atoms with van der Waals surface area (Å²) in [5.74, 6) is -0.309. The maximum atomic E-state index is 11.9. The average Bonchev–Trinajstić information content (AvgIpc) is 2.68. The van der Waals surface area contributed by atoms with Crippen LogP contribution < -0.4 is 15.8 Å². The van der Waals surface area contributed by atoms with Crippen LogP contribution in [0.15, 0.2) is 6.20 Å². The lowest BCUT2D eigenvalue weighted by atomic mass is 10.3. The third-order valence-corrected chi connectivity index (χ3v) is 3.11. The van der Waals surface area contributed by atoms with Gasteiger partial charge in [-0.15, -0.1) is 0 Å². The van der Waals surface area contributed by atoms with Gasteiger partial charge in [0.05, 0.1) is 18.1 Å². The largest absolute Gasteiger partial charge is 0.396 e. The van der Waals surface area contributed by atoms with Gasteiger partial charge in [0, 0.05) is 19.6 Å². The number of amides is 1. The second kappa shape index (κ2) is 6.53. The van der Waals surface area contributed by atoms with Gasteiger partial charge in [-0.3, -0.25) is 9.48 Å². The van der Waals surface area contributed by atoms with Crippen LogP contribution in [0, 0.1) is 0 Å². The first-order chi connectivity index (χ1) is 8.85. The third kappa shape index (κ3) is 4.87. The van der Waals surface area contributed by atoms with E-state index in [1.165, 1.54) is 10.9 Å².